The van der Waals surface area contributed by atoms with E-state index < -0.39 is 36.5 Å². The summed E-state index contributed by atoms with van der Waals surface area (Å²) < 4.78 is 70.7. The van der Waals surface area contributed by atoms with Gasteiger partial charge in [-0.3, -0.25) is 19.5 Å². The Morgan fingerprint density at radius 2 is 1.95 bits per heavy atom. The number of benzene rings is 1. The first kappa shape index (κ1) is 28.1. The highest BCUT2D eigenvalue weighted by Gasteiger charge is 2.34. The first-order valence-electron chi connectivity index (χ1n) is 12.0. The zero-order valence-corrected chi connectivity index (χ0v) is 21.1. The van der Waals surface area contributed by atoms with Crippen LogP contribution < -0.4 is 10.2 Å². The van der Waals surface area contributed by atoms with Crippen molar-refractivity contribution < 1.29 is 36.3 Å². The molecule has 1 aromatic carbocycles. The molecule has 4 rings (SSSR count). The van der Waals surface area contributed by atoms with Gasteiger partial charge < -0.3 is 10.1 Å². The second-order valence-corrected chi connectivity index (χ2v) is 9.10. The van der Waals surface area contributed by atoms with Crippen molar-refractivity contribution in [3.05, 3.63) is 71.2 Å². The molecule has 0 saturated carbocycles. The number of pyridine rings is 2. The molecule has 0 fully saturated rings. The number of amides is 2. The van der Waals surface area contributed by atoms with Crippen LogP contribution in [0, 0.1) is 6.92 Å². The fourth-order valence-corrected chi connectivity index (χ4v) is 4.47. The highest BCUT2D eigenvalue weighted by molar-refractivity contribution is 6.04. The van der Waals surface area contributed by atoms with Crippen molar-refractivity contribution in [2.75, 3.05) is 30.5 Å². The van der Waals surface area contributed by atoms with Gasteiger partial charge in [0.15, 0.2) is 0 Å². The number of rotatable bonds is 8. The lowest BCUT2D eigenvalue weighted by atomic mass is 9.87. The minimum Gasteiger partial charge on any atom is -0.385 e. The van der Waals surface area contributed by atoms with Crippen molar-refractivity contribution >= 4 is 23.3 Å². The molecule has 2 aromatic heterocycles. The molecule has 0 bridgehead atoms. The lowest BCUT2D eigenvalue weighted by molar-refractivity contribution is -0.137. The molecule has 2 amide bonds. The van der Waals surface area contributed by atoms with Gasteiger partial charge in [-0.2, -0.15) is 13.2 Å². The van der Waals surface area contributed by atoms with E-state index in [4.69, 9.17) is 4.74 Å². The van der Waals surface area contributed by atoms with E-state index in [0.29, 0.717) is 35.4 Å². The summed E-state index contributed by atoms with van der Waals surface area (Å²) in [4.78, 5) is 35.0. The van der Waals surface area contributed by atoms with E-state index >= 15 is 0 Å². The third kappa shape index (κ3) is 6.39. The van der Waals surface area contributed by atoms with Gasteiger partial charge in [-0.15, -0.1) is 0 Å². The van der Waals surface area contributed by atoms with E-state index in [1.165, 1.54) is 25.6 Å². The van der Waals surface area contributed by atoms with Gasteiger partial charge in [-0.05, 0) is 55.2 Å². The molecule has 0 radical (unpaired) electrons. The van der Waals surface area contributed by atoms with Gasteiger partial charge in [0.25, 0.3) is 12.3 Å². The number of ether oxygens (including phenoxy) is 1. The van der Waals surface area contributed by atoms with Crippen molar-refractivity contribution in [1.82, 2.24) is 9.97 Å². The van der Waals surface area contributed by atoms with Gasteiger partial charge in [0.05, 0.1) is 24.0 Å². The quantitative estimate of drug-likeness (QED) is 0.358. The van der Waals surface area contributed by atoms with Gasteiger partial charge in [0.2, 0.25) is 5.91 Å². The van der Waals surface area contributed by atoms with Gasteiger partial charge in [0.1, 0.15) is 5.82 Å². The highest BCUT2D eigenvalue weighted by atomic mass is 19.4. The summed E-state index contributed by atoms with van der Waals surface area (Å²) >= 11 is 0. The number of carbonyl (C=O) groups excluding carboxylic acids is 2. The molecule has 0 spiro atoms. The number of hydrogen-bond acceptors (Lipinski definition) is 5. The number of fused-ring (bicyclic) bond motifs is 1. The fraction of sp³-hybridized carbons (Fsp3) is 0.333. The number of hydrogen-bond donors (Lipinski definition) is 1. The number of aryl methyl sites for hydroxylation is 1. The summed E-state index contributed by atoms with van der Waals surface area (Å²) in [5.41, 5.74) is 1.44. The maximum atomic E-state index is 13.2. The largest absolute Gasteiger partial charge is 0.416 e. The fourth-order valence-electron chi connectivity index (χ4n) is 4.47. The van der Waals surface area contributed by atoms with E-state index in [-0.39, 0.29) is 29.4 Å². The molecule has 1 unspecified atom stereocenters. The predicted octanol–water partition coefficient (Wildman–Crippen LogP) is 5.85. The van der Waals surface area contributed by atoms with Crippen molar-refractivity contribution in [2.24, 2.45) is 0 Å². The monoisotopic (exact) mass is 548 g/mol. The SMILES string of the molecule is COCCC1CC(=O)N(CC(F)F)c2ncc(-c3cc(NC(=O)c4cccc(C(F)(F)F)c4)cnc3C)cc21. The molecule has 3 heterocycles. The maximum absolute atomic E-state index is 13.2. The molecule has 0 saturated heterocycles. The molecule has 1 aliphatic heterocycles. The average molecular weight is 549 g/mol. The summed E-state index contributed by atoms with van der Waals surface area (Å²) in [6.07, 6.45) is -4.01. The maximum Gasteiger partial charge on any atom is 0.416 e. The van der Waals surface area contributed by atoms with Crippen LogP contribution in [0.2, 0.25) is 0 Å². The number of halogens is 5. The van der Waals surface area contributed by atoms with Gasteiger partial charge in [0, 0.05) is 48.7 Å². The Labute approximate surface area is 221 Å². The number of carbonyl (C=O) groups is 2. The Morgan fingerprint density at radius 1 is 1.18 bits per heavy atom. The number of aromatic nitrogens is 2. The number of methoxy groups -OCH3 is 1. The number of alkyl halides is 5. The van der Waals surface area contributed by atoms with E-state index in [1.54, 1.807) is 19.1 Å². The minimum atomic E-state index is -4.59. The van der Waals surface area contributed by atoms with Crippen LogP contribution in [0.4, 0.5) is 33.5 Å². The molecule has 12 heteroatoms. The van der Waals surface area contributed by atoms with E-state index in [0.717, 1.165) is 23.1 Å². The van der Waals surface area contributed by atoms with E-state index in [2.05, 4.69) is 15.3 Å². The Hall–Kier alpha value is -3.93. The van der Waals surface area contributed by atoms with Crippen LogP contribution in [-0.4, -0.2) is 48.5 Å². The molecular formula is C27H25F5N4O3. The first-order valence-corrected chi connectivity index (χ1v) is 12.0. The van der Waals surface area contributed by atoms with Gasteiger partial charge >= 0.3 is 6.18 Å². The zero-order chi connectivity index (χ0) is 28.3. The molecule has 206 valence electrons. The molecule has 1 N–H and O–H groups in total. The second-order valence-electron chi connectivity index (χ2n) is 9.10. The number of anilines is 2. The molecule has 1 atom stereocenters. The Morgan fingerprint density at radius 3 is 2.64 bits per heavy atom. The van der Waals surface area contributed by atoms with Crippen molar-refractivity contribution in [3.8, 4) is 11.1 Å². The summed E-state index contributed by atoms with van der Waals surface area (Å²) in [6.45, 7) is 1.31. The Bertz CT molecular complexity index is 1380. The smallest absolute Gasteiger partial charge is 0.385 e. The van der Waals surface area contributed by atoms with Crippen molar-refractivity contribution in [1.29, 1.82) is 0 Å². The van der Waals surface area contributed by atoms with Crippen molar-refractivity contribution in [2.45, 2.75) is 38.3 Å². The number of nitrogens with one attached hydrogen (secondary N) is 1. The lowest BCUT2D eigenvalue weighted by Gasteiger charge is -2.33. The summed E-state index contributed by atoms with van der Waals surface area (Å²) in [5, 5.41) is 2.57. The van der Waals surface area contributed by atoms with Crippen LogP contribution in [0.25, 0.3) is 11.1 Å². The molecule has 1 aliphatic rings. The zero-order valence-electron chi connectivity index (χ0n) is 21.1. The molecule has 7 nitrogen and oxygen atoms in total. The Balaban J connectivity index is 1.67. The van der Waals surface area contributed by atoms with Crippen LogP contribution in [-0.2, 0) is 15.7 Å². The highest BCUT2D eigenvalue weighted by Crippen LogP contribution is 2.39. The van der Waals surface area contributed by atoms with Crippen LogP contribution in [0.3, 0.4) is 0 Å². The van der Waals surface area contributed by atoms with Gasteiger partial charge in [-0.25, -0.2) is 13.8 Å². The standard InChI is InChI=1S/C27H25F5N4O3/c1-15-21(11-20(13-33-15)35-26(38)17-4-3-5-19(8-17)27(30,31)32)18-9-22-16(6-7-39-2)10-24(37)36(14-23(28)29)25(22)34-12-18/h3-5,8-9,11-13,16,23H,6-7,10,14H2,1-2H3,(H,35,38). The Kier molecular flexibility index (Phi) is 8.24. The molecule has 0 aliphatic carbocycles. The number of nitrogens with zero attached hydrogens (tertiary/aromatic N) is 3. The summed E-state index contributed by atoms with van der Waals surface area (Å²) in [6, 6.07) is 7.42. The van der Waals surface area contributed by atoms with Crippen LogP contribution in [0.5, 0.6) is 0 Å². The second kappa shape index (κ2) is 11.4. The normalized spacial score (nSPS) is 15.4. The third-order valence-electron chi connectivity index (χ3n) is 6.41. The van der Waals surface area contributed by atoms with Crippen molar-refractivity contribution in [3.63, 3.8) is 0 Å². The first-order chi connectivity index (χ1) is 18.5. The van der Waals surface area contributed by atoms with E-state index in [9.17, 15) is 31.5 Å². The lowest BCUT2D eigenvalue weighted by Crippen LogP contribution is -2.40. The van der Waals surface area contributed by atoms with Crippen LogP contribution in [0.1, 0.15) is 45.9 Å². The minimum absolute atomic E-state index is 0.0263. The molecule has 39 heavy (non-hydrogen) atoms. The van der Waals surface area contributed by atoms with Crippen LogP contribution in [0.15, 0.2) is 48.8 Å². The average Bonchev–Trinajstić information content (AvgIpc) is 2.89. The molecular weight excluding hydrogens is 523 g/mol. The molecule has 3 aromatic rings. The predicted molar refractivity (Wildman–Crippen MR) is 134 cm³/mol. The summed E-state index contributed by atoms with van der Waals surface area (Å²) in [7, 11) is 1.53. The van der Waals surface area contributed by atoms with E-state index in [1.807, 2.05) is 0 Å². The topological polar surface area (TPSA) is 84.4 Å². The summed E-state index contributed by atoms with van der Waals surface area (Å²) in [5.74, 6) is -1.33. The van der Waals surface area contributed by atoms with Gasteiger partial charge in [-0.1, -0.05) is 6.07 Å². The third-order valence-corrected chi connectivity index (χ3v) is 6.41. The van der Waals surface area contributed by atoms with Crippen LogP contribution >= 0.6 is 0 Å².